The second-order valence-electron chi connectivity index (χ2n) is 5.60. The molecule has 1 aliphatic heterocycles. The number of non-ortho nitro benzene ring substituents is 1. The molecule has 0 bridgehead atoms. The molecule has 0 amide bonds. The van der Waals surface area contributed by atoms with Crippen molar-refractivity contribution in [2.24, 2.45) is 5.92 Å². The van der Waals surface area contributed by atoms with Crippen molar-refractivity contribution in [1.29, 1.82) is 0 Å². The van der Waals surface area contributed by atoms with E-state index in [1.165, 1.54) is 24.3 Å². The van der Waals surface area contributed by atoms with Crippen LogP contribution in [0.4, 0.5) is 5.69 Å². The molecular weight excluding hydrogens is 308 g/mol. The average molecular weight is 328 g/mol. The Balaban J connectivity index is 1.89. The summed E-state index contributed by atoms with van der Waals surface area (Å²) in [7, 11) is -3.45. The van der Waals surface area contributed by atoms with Crippen LogP contribution in [0.3, 0.4) is 0 Å². The summed E-state index contributed by atoms with van der Waals surface area (Å²) in [6.07, 6.45) is 1.86. The summed E-state index contributed by atoms with van der Waals surface area (Å²) in [6, 6.07) is 5.55. The van der Waals surface area contributed by atoms with Crippen molar-refractivity contribution in [3.8, 4) is 0 Å². The van der Waals surface area contributed by atoms with Crippen molar-refractivity contribution < 1.29 is 18.1 Å². The van der Waals surface area contributed by atoms with Crippen LogP contribution in [0.25, 0.3) is 0 Å². The maximum absolute atomic E-state index is 12.1. The largest absolute Gasteiger partial charge is 0.378 e. The van der Waals surface area contributed by atoms with Gasteiger partial charge in [-0.2, -0.15) is 0 Å². The van der Waals surface area contributed by atoms with E-state index in [-0.39, 0.29) is 23.5 Å². The van der Waals surface area contributed by atoms with Gasteiger partial charge in [0.05, 0.1) is 16.8 Å². The molecule has 1 aromatic carbocycles. The molecule has 0 unspecified atom stereocenters. The molecule has 2 atom stereocenters. The molecule has 1 heterocycles. The van der Waals surface area contributed by atoms with Gasteiger partial charge in [0.25, 0.3) is 5.69 Å². The van der Waals surface area contributed by atoms with Gasteiger partial charge in [0.15, 0.2) is 0 Å². The van der Waals surface area contributed by atoms with Gasteiger partial charge in [-0.05, 0) is 31.2 Å². The lowest BCUT2D eigenvalue weighted by atomic mass is 9.97. The highest BCUT2D eigenvalue weighted by molar-refractivity contribution is 7.88. The van der Waals surface area contributed by atoms with Crippen LogP contribution in [0.1, 0.15) is 25.3 Å². The first-order valence-corrected chi connectivity index (χ1v) is 8.83. The minimum absolute atomic E-state index is 0.0506. The van der Waals surface area contributed by atoms with E-state index in [2.05, 4.69) is 4.72 Å². The molecule has 0 aromatic heterocycles. The summed E-state index contributed by atoms with van der Waals surface area (Å²) in [5, 5.41) is 10.6. The van der Waals surface area contributed by atoms with E-state index in [0.717, 1.165) is 12.8 Å². The molecule has 2 rings (SSSR count). The molecule has 22 heavy (non-hydrogen) atoms. The Labute approximate surface area is 129 Å². The summed E-state index contributed by atoms with van der Waals surface area (Å²) < 4.78 is 32.2. The van der Waals surface area contributed by atoms with Crippen molar-refractivity contribution in [2.75, 3.05) is 13.2 Å². The molecule has 8 heteroatoms. The van der Waals surface area contributed by atoms with Crippen LogP contribution in [0.2, 0.25) is 0 Å². The number of rotatable bonds is 6. The number of nitrogens with one attached hydrogen (secondary N) is 1. The van der Waals surface area contributed by atoms with Crippen LogP contribution in [-0.4, -0.2) is 32.6 Å². The third-order valence-corrected chi connectivity index (χ3v) is 5.01. The van der Waals surface area contributed by atoms with Crippen LogP contribution in [-0.2, 0) is 20.5 Å². The summed E-state index contributed by atoms with van der Waals surface area (Å²) in [6.45, 7) is 3.05. The molecule has 1 aromatic rings. The maximum atomic E-state index is 12.1. The number of hydrogen-bond acceptors (Lipinski definition) is 5. The Hall–Kier alpha value is -1.51. The fourth-order valence-corrected chi connectivity index (χ4v) is 3.73. The molecule has 1 N–H and O–H groups in total. The van der Waals surface area contributed by atoms with Crippen LogP contribution >= 0.6 is 0 Å². The lowest BCUT2D eigenvalue weighted by Gasteiger charge is -2.27. The average Bonchev–Trinajstić information content (AvgIpc) is 2.45. The quantitative estimate of drug-likeness (QED) is 0.634. The van der Waals surface area contributed by atoms with Gasteiger partial charge in [-0.15, -0.1) is 0 Å². The molecule has 0 aliphatic carbocycles. The first-order chi connectivity index (χ1) is 10.4. The third kappa shape index (κ3) is 5.04. The third-order valence-electron chi connectivity index (χ3n) is 3.69. The predicted octanol–water partition coefficient (Wildman–Crippen LogP) is 1.83. The summed E-state index contributed by atoms with van der Waals surface area (Å²) in [4.78, 5) is 10.1. The highest BCUT2D eigenvalue weighted by Crippen LogP contribution is 2.19. The summed E-state index contributed by atoms with van der Waals surface area (Å²) in [5.41, 5.74) is 0.476. The van der Waals surface area contributed by atoms with E-state index in [4.69, 9.17) is 4.74 Å². The minimum Gasteiger partial charge on any atom is -0.378 e. The molecule has 0 spiro atoms. The highest BCUT2D eigenvalue weighted by Gasteiger charge is 2.21. The number of ether oxygens (including phenoxy) is 1. The Bertz CT molecular complexity index is 615. The highest BCUT2D eigenvalue weighted by atomic mass is 32.2. The first-order valence-electron chi connectivity index (χ1n) is 7.18. The topological polar surface area (TPSA) is 98.5 Å². The zero-order valence-corrected chi connectivity index (χ0v) is 13.2. The van der Waals surface area contributed by atoms with Crippen LogP contribution < -0.4 is 4.72 Å². The summed E-state index contributed by atoms with van der Waals surface area (Å²) in [5.74, 6) is 0.111. The van der Waals surface area contributed by atoms with Gasteiger partial charge in [-0.25, -0.2) is 13.1 Å². The van der Waals surface area contributed by atoms with Crippen LogP contribution in [0.15, 0.2) is 24.3 Å². The van der Waals surface area contributed by atoms with Crippen LogP contribution in [0, 0.1) is 16.0 Å². The van der Waals surface area contributed by atoms with Crippen molar-refractivity contribution in [2.45, 2.75) is 31.6 Å². The van der Waals surface area contributed by atoms with E-state index in [1.807, 2.05) is 6.92 Å². The SMILES string of the molecule is C[C@H]1C[C@H](CNS(=O)(=O)Cc2ccc([N+](=O)[O-])cc2)CCO1. The molecule has 122 valence electrons. The number of benzene rings is 1. The molecular formula is C14H20N2O5S. The summed E-state index contributed by atoms with van der Waals surface area (Å²) >= 11 is 0. The predicted molar refractivity (Wildman–Crippen MR) is 81.9 cm³/mol. The maximum Gasteiger partial charge on any atom is 0.269 e. The lowest BCUT2D eigenvalue weighted by Crippen LogP contribution is -2.34. The Kier molecular flexibility index (Phi) is 5.49. The van der Waals surface area contributed by atoms with E-state index < -0.39 is 14.9 Å². The zero-order chi connectivity index (χ0) is 16.2. The smallest absolute Gasteiger partial charge is 0.269 e. The molecule has 1 saturated heterocycles. The van der Waals surface area contributed by atoms with Crippen LogP contribution in [0.5, 0.6) is 0 Å². The second-order valence-corrected chi connectivity index (χ2v) is 7.41. The van der Waals surface area contributed by atoms with Crippen molar-refractivity contribution in [1.82, 2.24) is 4.72 Å². The fraction of sp³-hybridized carbons (Fsp3) is 0.571. The van der Waals surface area contributed by atoms with E-state index in [1.54, 1.807) is 0 Å². The Morgan fingerprint density at radius 3 is 2.64 bits per heavy atom. The molecule has 0 saturated carbocycles. The number of nitro groups is 1. The molecule has 1 aliphatic rings. The number of hydrogen-bond donors (Lipinski definition) is 1. The molecule has 7 nitrogen and oxygen atoms in total. The van der Waals surface area contributed by atoms with Crippen molar-refractivity contribution in [3.63, 3.8) is 0 Å². The van der Waals surface area contributed by atoms with Gasteiger partial charge in [-0.3, -0.25) is 10.1 Å². The van der Waals surface area contributed by atoms with Gasteiger partial charge in [0.2, 0.25) is 10.0 Å². The van der Waals surface area contributed by atoms with Gasteiger partial charge in [0.1, 0.15) is 0 Å². The standard InChI is InChI=1S/C14H20N2O5S/c1-11-8-13(6-7-21-11)9-15-22(19,20)10-12-2-4-14(5-3-12)16(17)18/h2-5,11,13,15H,6-10H2,1H3/t11-,13+/m0/s1. The van der Waals surface area contributed by atoms with Gasteiger partial charge < -0.3 is 4.74 Å². The number of sulfonamides is 1. The van der Waals surface area contributed by atoms with Gasteiger partial charge >= 0.3 is 0 Å². The number of nitrogens with zero attached hydrogens (tertiary/aromatic N) is 1. The lowest BCUT2D eigenvalue weighted by molar-refractivity contribution is -0.384. The van der Waals surface area contributed by atoms with Gasteiger partial charge in [-0.1, -0.05) is 12.1 Å². The van der Waals surface area contributed by atoms with E-state index in [9.17, 15) is 18.5 Å². The monoisotopic (exact) mass is 328 g/mol. The zero-order valence-electron chi connectivity index (χ0n) is 12.4. The molecule has 0 radical (unpaired) electrons. The Morgan fingerprint density at radius 2 is 2.05 bits per heavy atom. The van der Waals surface area contributed by atoms with E-state index in [0.29, 0.717) is 18.7 Å². The first kappa shape index (κ1) is 16.9. The van der Waals surface area contributed by atoms with Crippen molar-refractivity contribution in [3.05, 3.63) is 39.9 Å². The second kappa shape index (κ2) is 7.17. The normalized spacial score (nSPS) is 22.4. The minimum atomic E-state index is -3.45. The van der Waals surface area contributed by atoms with Crippen molar-refractivity contribution >= 4 is 15.7 Å². The van der Waals surface area contributed by atoms with E-state index >= 15 is 0 Å². The molecule has 1 fully saturated rings. The van der Waals surface area contributed by atoms with Gasteiger partial charge in [0, 0.05) is 25.3 Å². The Morgan fingerprint density at radius 1 is 1.36 bits per heavy atom. The number of nitro benzene ring substituents is 1. The fourth-order valence-electron chi connectivity index (χ4n) is 2.51.